The van der Waals surface area contributed by atoms with E-state index in [0.29, 0.717) is 18.2 Å². The van der Waals surface area contributed by atoms with Gasteiger partial charge in [-0.2, -0.15) is 0 Å². The number of para-hydroxylation sites is 1. The number of aromatic nitrogens is 1. The van der Waals surface area contributed by atoms with Gasteiger partial charge in [0.15, 0.2) is 5.13 Å². The number of thiazole rings is 1. The predicted molar refractivity (Wildman–Crippen MR) is 99.7 cm³/mol. The molecule has 0 radical (unpaired) electrons. The van der Waals surface area contributed by atoms with Crippen molar-refractivity contribution < 1.29 is 9.53 Å². The van der Waals surface area contributed by atoms with Crippen molar-refractivity contribution in [1.82, 2.24) is 4.98 Å². The highest BCUT2D eigenvalue weighted by Gasteiger charge is 2.30. The predicted octanol–water partition coefficient (Wildman–Crippen LogP) is 4.50. The van der Waals surface area contributed by atoms with E-state index >= 15 is 0 Å². The van der Waals surface area contributed by atoms with Crippen molar-refractivity contribution in [2.45, 2.75) is 12.3 Å². The summed E-state index contributed by atoms with van der Waals surface area (Å²) in [5, 5.41) is 4.23. The lowest BCUT2D eigenvalue weighted by Crippen LogP contribution is -2.22. The Kier molecular flexibility index (Phi) is 4.42. The average Bonchev–Trinajstić information content (AvgIpc) is 3.23. The van der Waals surface area contributed by atoms with Crippen molar-refractivity contribution in [2.24, 2.45) is 0 Å². The Bertz CT molecular complexity index is 925. The van der Waals surface area contributed by atoms with Gasteiger partial charge in [0.2, 0.25) is 5.91 Å². The van der Waals surface area contributed by atoms with E-state index in [1.807, 2.05) is 48.5 Å². The molecule has 4 rings (SSSR count). The highest BCUT2D eigenvalue weighted by Crippen LogP contribution is 2.34. The van der Waals surface area contributed by atoms with Crippen LogP contribution in [0.3, 0.4) is 0 Å². The number of amides is 1. The van der Waals surface area contributed by atoms with Gasteiger partial charge in [0, 0.05) is 28.1 Å². The van der Waals surface area contributed by atoms with Crippen LogP contribution in [0, 0.1) is 0 Å². The van der Waals surface area contributed by atoms with Crippen LogP contribution in [-0.2, 0) is 11.2 Å². The van der Waals surface area contributed by atoms with Gasteiger partial charge < -0.3 is 10.1 Å². The van der Waals surface area contributed by atoms with Crippen LogP contribution in [0.4, 0.5) is 5.13 Å². The molecule has 2 aromatic carbocycles. The van der Waals surface area contributed by atoms with Crippen LogP contribution in [0.5, 0.6) is 5.75 Å². The number of rotatable bonds is 4. The summed E-state index contributed by atoms with van der Waals surface area (Å²) in [6, 6.07) is 15.4. The molecule has 1 aromatic heterocycles. The fourth-order valence-electron chi connectivity index (χ4n) is 2.85. The highest BCUT2D eigenvalue weighted by atomic mass is 35.5. The van der Waals surface area contributed by atoms with Crippen LogP contribution >= 0.6 is 22.9 Å². The number of anilines is 1. The van der Waals surface area contributed by atoms with E-state index in [-0.39, 0.29) is 11.8 Å². The molecule has 0 spiro atoms. The second-order valence-corrected chi connectivity index (χ2v) is 7.31. The maximum absolute atomic E-state index is 12.6. The summed E-state index contributed by atoms with van der Waals surface area (Å²) in [7, 11) is 0. The number of carbonyl (C=O) groups is 1. The van der Waals surface area contributed by atoms with Gasteiger partial charge in [0.25, 0.3) is 0 Å². The van der Waals surface area contributed by atoms with Gasteiger partial charge in [0.1, 0.15) is 18.3 Å². The number of benzene rings is 2. The van der Waals surface area contributed by atoms with E-state index in [0.717, 1.165) is 26.8 Å². The van der Waals surface area contributed by atoms with Gasteiger partial charge in [-0.1, -0.05) is 48.0 Å². The molecule has 0 bridgehead atoms. The standard InChI is InChI=1S/C19H15ClN2O2S/c20-16-7-3-1-5-12(16)9-13-10-21-19(25-13)22-18(23)15-11-24-17-8-4-2-6-14(15)17/h1-8,10,15H,9,11H2,(H,21,22,23). The summed E-state index contributed by atoms with van der Waals surface area (Å²) in [4.78, 5) is 17.9. The first-order chi connectivity index (χ1) is 12.2. The molecule has 1 aliphatic heterocycles. The molecule has 1 atom stereocenters. The molecule has 2 heterocycles. The number of carbonyl (C=O) groups excluding carboxylic acids is 1. The summed E-state index contributed by atoms with van der Waals surface area (Å²) in [5.41, 5.74) is 1.97. The molecular weight excluding hydrogens is 356 g/mol. The Hall–Kier alpha value is -2.37. The molecule has 4 nitrogen and oxygen atoms in total. The fourth-order valence-corrected chi connectivity index (χ4v) is 3.89. The first-order valence-corrected chi connectivity index (χ1v) is 9.11. The Morgan fingerprint density at radius 1 is 1.24 bits per heavy atom. The van der Waals surface area contributed by atoms with Crippen molar-refractivity contribution in [3.8, 4) is 5.75 Å². The quantitative estimate of drug-likeness (QED) is 0.735. The van der Waals surface area contributed by atoms with E-state index in [1.54, 1.807) is 6.20 Å². The summed E-state index contributed by atoms with van der Waals surface area (Å²) in [5.74, 6) is 0.386. The average molecular weight is 371 g/mol. The van der Waals surface area contributed by atoms with E-state index < -0.39 is 0 Å². The van der Waals surface area contributed by atoms with E-state index in [9.17, 15) is 4.79 Å². The second kappa shape index (κ2) is 6.86. The molecular formula is C19H15ClN2O2S. The lowest BCUT2D eigenvalue weighted by atomic mass is 10.0. The topological polar surface area (TPSA) is 51.2 Å². The van der Waals surface area contributed by atoms with Crippen LogP contribution < -0.4 is 10.1 Å². The molecule has 1 N–H and O–H groups in total. The Morgan fingerprint density at radius 2 is 2.04 bits per heavy atom. The SMILES string of the molecule is O=C(Nc1ncc(Cc2ccccc2Cl)s1)C1COc2ccccc21. The van der Waals surface area contributed by atoms with Crippen molar-refractivity contribution in [3.05, 3.63) is 75.8 Å². The maximum Gasteiger partial charge on any atom is 0.237 e. The van der Waals surface area contributed by atoms with Crippen LogP contribution in [0.1, 0.15) is 21.9 Å². The molecule has 6 heteroatoms. The summed E-state index contributed by atoms with van der Waals surface area (Å²) in [6.45, 7) is 0.364. The van der Waals surface area contributed by atoms with Crippen LogP contribution in [-0.4, -0.2) is 17.5 Å². The Labute approximate surface area is 154 Å². The fraction of sp³-hybridized carbons (Fsp3) is 0.158. The number of nitrogens with zero attached hydrogens (tertiary/aromatic N) is 1. The molecule has 0 fully saturated rings. The van der Waals surface area contributed by atoms with E-state index in [2.05, 4.69) is 10.3 Å². The first-order valence-electron chi connectivity index (χ1n) is 7.91. The molecule has 1 amide bonds. The molecule has 0 aliphatic carbocycles. The molecule has 25 heavy (non-hydrogen) atoms. The van der Waals surface area contributed by atoms with Crippen LogP contribution in [0.15, 0.2) is 54.7 Å². The zero-order chi connectivity index (χ0) is 17.2. The first kappa shape index (κ1) is 16.1. The summed E-state index contributed by atoms with van der Waals surface area (Å²) >= 11 is 7.66. The van der Waals surface area contributed by atoms with Gasteiger partial charge in [0.05, 0.1) is 0 Å². The molecule has 0 saturated heterocycles. The largest absolute Gasteiger partial charge is 0.492 e. The van der Waals surface area contributed by atoms with Gasteiger partial charge in [-0.15, -0.1) is 11.3 Å². The highest BCUT2D eigenvalue weighted by molar-refractivity contribution is 7.15. The normalized spacial score (nSPS) is 15.5. The Balaban J connectivity index is 1.45. The lowest BCUT2D eigenvalue weighted by molar-refractivity contribution is -0.117. The second-order valence-electron chi connectivity index (χ2n) is 5.79. The number of fused-ring (bicyclic) bond motifs is 1. The van der Waals surface area contributed by atoms with Gasteiger partial charge >= 0.3 is 0 Å². The van der Waals surface area contributed by atoms with Crippen molar-refractivity contribution in [1.29, 1.82) is 0 Å². The number of ether oxygens (including phenoxy) is 1. The summed E-state index contributed by atoms with van der Waals surface area (Å²) < 4.78 is 5.57. The third kappa shape index (κ3) is 3.38. The molecule has 3 aromatic rings. The minimum Gasteiger partial charge on any atom is -0.492 e. The molecule has 1 aliphatic rings. The van der Waals surface area contributed by atoms with Crippen LogP contribution in [0.25, 0.3) is 0 Å². The number of nitrogens with one attached hydrogen (secondary N) is 1. The van der Waals surface area contributed by atoms with Crippen molar-refractivity contribution in [2.75, 3.05) is 11.9 Å². The third-order valence-electron chi connectivity index (χ3n) is 4.12. The number of halogens is 1. The smallest absolute Gasteiger partial charge is 0.237 e. The van der Waals surface area contributed by atoms with Gasteiger partial charge in [-0.05, 0) is 17.7 Å². The Morgan fingerprint density at radius 3 is 2.92 bits per heavy atom. The van der Waals surface area contributed by atoms with Crippen LogP contribution in [0.2, 0.25) is 5.02 Å². The van der Waals surface area contributed by atoms with E-state index in [1.165, 1.54) is 11.3 Å². The molecule has 1 unspecified atom stereocenters. The molecule has 126 valence electrons. The van der Waals surface area contributed by atoms with E-state index in [4.69, 9.17) is 16.3 Å². The monoisotopic (exact) mass is 370 g/mol. The minimum absolute atomic E-state index is 0.0939. The minimum atomic E-state index is -0.299. The van der Waals surface area contributed by atoms with Gasteiger partial charge in [-0.25, -0.2) is 4.98 Å². The van der Waals surface area contributed by atoms with Crippen molar-refractivity contribution >= 4 is 34.0 Å². The summed E-state index contributed by atoms with van der Waals surface area (Å²) in [6.07, 6.45) is 2.48. The number of hydrogen-bond acceptors (Lipinski definition) is 4. The zero-order valence-electron chi connectivity index (χ0n) is 13.2. The third-order valence-corrected chi connectivity index (χ3v) is 5.40. The van der Waals surface area contributed by atoms with Crippen molar-refractivity contribution in [3.63, 3.8) is 0 Å². The zero-order valence-corrected chi connectivity index (χ0v) is 14.8. The molecule has 0 saturated carbocycles. The maximum atomic E-state index is 12.6. The lowest BCUT2D eigenvalue weighted by Gasteiger charge is -2.07. The number of hydrogen-bond donors (Lipinski definition) is 1. The van der Waals surface area contributed by atoms with Gasteiger partial charge in [-0.3, -0.25) is 4.79 Å².